The molecule has 3 unspecified atom stereocenters. The predicted octanol–water partition coefficient (Wildman–Crippen LogP) is 3.70. The van der Waals surface area contributed by atoms with E-state index in [4.69, 9.17) is 15.2 Å². The van der Waals surface area contributed by atoms with E-state index >= 15 is 0 Å². The number of methoxy groups -OCH3 is 1. The first-order chi connectivity index (χ1) is 17.3. The fourth-order valence-electron chi connectivity index (χ4n) is 4.80. The highest BCUT2D eigenvalue weighted by molar-refractivity contribution is 6.88. The third kappa shape index (κ3) is 5.76. The van der Waals surface area contributed by atoms with E-state index in [2.05, 4.69) is 5.32 Å². The minimum atomic E-state index is -2.33. The van der Waals surface area contributed by atoms with Crippen LogP contribution in [0.1, 0.15) is 31.0 Å². The molecule has 2 aromatic carbocycles. The molecule has 3 amide bonds. The number of esters is 1. The van der Waals surface area contributed by atoms with Crippen molar-refractivity contribution in [2.45, 2.75) is 52.0 Å². The topological polar surface area (TPSA) is 111 Å². The Morgan fingerprint density at radius 1 is 1.16 bits per heavy atom. The molecule has 3 N–H and O–H groups in total. The lowest BCUT2D eigenvalue weighted by atomic mass is 9.82. The lowest BCUT2D eigenvalue weighted by Gasteiger charge is -2.43. The maximum absolute atomic E-state index is 14.8. The fraction of sp³-hybridized carbons (Fsp3) is 0.423. The van der Waals surface area contributed by atoms with Crippen LogP contribution >= 0.6 is 0 Å². The number of ether oxygens (including phenoxy) is 2. The van der Waals surface area contributed by atoms with Crippen LogP contribution in [0.3, 0.4) is 0 Å². The van der Waals surface area contributed by atoms with Crippen LogP contribution in [0.5, 0.6) is 5.75 Å². The molecule has 0 aromatic heterocycles. The van der Waals surface area contributed by atoms with E-state index in [9.17, 15) is 23.2 Å². The molecule has 0 bridgehead atoms. The molecule has 3 atom stereocenters. The van der Waals surface area contributed by atoms with Crippen LogP contribution in [0.4, 0.5) is 19.3 Å². The Bertz CT molecular complexity index is 1190. The smallest absolute Gasteiger partial charge is 0.316 e. The van der Waals surface area contributed by atoms with Crippen molar-refractivity contribution in [3.8, 4) is 5.75 Å². The number of anilines is 1. The van der Waals surface area contributed by atoms with Gasteiger partial charge in [-0.1, -0.05) is 25.7 Å². The summed E-state index contributed by atoms with van der Waals surface area (Å²) >= 11 is 0. The van der Waals surface area contributed by atoms with Gasteiger partial charge < -0.3 is 25.4 Å². The maximum Gasteiger partial charge on any atom is 0.316 e. The number of carbonyl (C=O) groups is 3. The number of amides is 3. The highest BCUT2D eigenvalue weighted by Crippen LogP contribution is 2.38. The first-order valence-electron chi connectivity index (χ1n) is 12.0. The molecule has 1 heterocycles. The number of carbonyl (C=O) groups excluding carboxylic acids is 3. The fourth-order valence-corrected chi connectivity index (χ4v) is 6.37. The summed E-state index contributed by atoms with van der Waals surface area (Å²) in [5.74, 6) is -3.06. The Balaban J connectivity index is 2.08. The number of rotatable bonds is 7. The van der Waals surface area contributed by atoms with Crippen LogP contribution in [0.2, 0.25) is 19.6 Å². The molecule has 200 valence electrons. The zero-order valence-electron chi connectivity index (χ0n) is 21.9. The van der Waals surface area contributed by atoms with Gasteiger partial charge in [0.2, 0.25) is 0 Å². The Kier molecular flexibility index (Phi) is 8.26. The van der Waals surface area contributed by atoms with Crippen molar-refractivity contribution in [2.75, 3.05) is 19.0 Å². The van der Waals surface area contributed by atoms with Crippen LogP contribution < -0.4 is 21.0 Å². The SMILES string of the molecule is CCOC(=O)C(C)C1Cc2cc(OC)ccc2C(C(=O)Nc2cc(F)c([Si](C)(C)C)c(F)c2)N1C(N)=O. The molecule has 0 fully saturated rings. The van der Waals surface area contributed by atoms with Crippen LogP contribution in [0.15, 0.2) is 30.3 Å². The number of nitrogens with two attached hydrogens (primary N) is 1. The standard InChI is InChI=1S/C26H33F2N3O5Si/c1-7-36-25(33)14(2)21-11-15-10-17(35-3)8-9-18(15)22(31(21)26(29)34)24(32)30-16-12-19(27)23(20(28)13-16)37(4,5)6/h8-10,12-14,21-22H,7,11H2,1-6H3,(H2,29,34)(H,30,32). The number of hydrogen-bond donors (Lipinski definition) is 2. The first-order valence-corrected chi connectivity index (χ1v) is 15.5. The number of hydrogen-bond acceptors (Lipinski definition) is 5. The summed E-state index contributed by atoms with van der Waals surface area (Å²) in [7, 11) is -0.831. The van der Waals surface area contributed by atoms with Crippen molar-refractivity contribution in [1.82, 2.24) is 4.90 Å². The van der Waals surface area contributed by atoms with Gasteiger partial charge in [0.05, 0.1) is 33.8 Å². The summed E-state index contributed by atoms with van der Waals surface area (Å²) < 4.78 is 40.2. The van der Waals surface area contributed by atoms with Crippen LogP contribution in [-0.2, 0) is 20.7 Å². The normalized spacial score (nSPS) is 18.0. The van der Waals surface area contributed by atoms with Crippen molar-refractivity contribution in [3.05, 3.63) is 53.1 Å². The Morgan fingerprint density at radius 3 is 2.30 bits per heavy atom. The van der Waals surface area contributed by atoms with Gasteiger partial charge in [0.15, 0.2) is 0 Å². The highest BCUT2D eigenvalue weighted by atomic mass is 28.3. The molecule has 1 aliphatic rings. The molecular formula is C26H33F2N3O5Si. The molecule has 0 radical (unpaired) electrons. The van der Waals surface area contributed by atoms with E-state index in [0.29, 0.717) is 16.9 Å². The van der Waals surface area contributed by atoms with Gasteiger partial charge >= 0.3 is 12.0 Å². The zero-order valence-corrected chi connectivity index (χ0v) is 22.9. The molecule has 3 rings (SSSR count). The lowest BCUT2D eigenvalue weighted by Crippen LogP contribution is -2.56. The van der Waals surface area contributed by atoms with Crippen molar-refractivity contribution < 1.29 is 32.6 Å². The molecule has 11 heteroatoms. The first kappa shape index (κ1) is 28.1. The van der Waals surface area contributed by atoms with E-state index in [0.717, 1.165) is 17.0 Å². The van der Waals surface area contributed by atoms with E-state index in [1.54, 1.807) is 32.0 Å². The number of nitrogens with one attached hydrogen (secondary N) is 1. The maximum atomic E-state index is 14.8. The Morgan fingerprint density at radius 2 is 1.78 bits per heavy atom. The highest BCUT2D eigenvalue weighted by Gasteiger charge is 2.45. The molecule has 0 saturated carbocycles. The summed E-state index contributed by atoms with van der Waals surface area (Å²) in [5, 5.41) is 2.57. The monoisotopic (exact) mass is 533 g/mol. The summed E-state index contributed by atoms with van der Waals surface area (Å²) in [6, 6.07) is 4.13. The van der Waals surface area contributed by atoms with Gasteiger partial charge in [-0.15, -0.1) is 0 Å². The quantitative estimate of drug-likeness (QED) is 0.417. The van der Waals surface area contributed by atoms with Gasteiger partial charge in [-0.25, -0.2) is 13.6 Å². The van der Waals surface area contributed by atoms with E-state index in [-0.39, 0.29) is 23.9 Å². The number of primary amides is 1. The molecule has 0 spiro atoms. The number of benzene rings is 2. The van der Waals surface area contributed by atoms with Crippen LogP contribution in [-0.4, -0.2) is 50.6 Å². The Labute approximate surface area is 216 Å². The number of nitrogens with zero attached hydrogens (tertiary/aromatic N) is 1. The van der Waals surface area contributed by atoms with Crippen molar-refractivity contribution >= 4 is 36.9 Å². The number of halogens is 2. The number of fused-ring (bicyclic) bond motifs is 1. The van der Waals surface area contributed by atoms with E-state index in [1.165, 1.54) is 7.11 Å². The van der Waals surface area contributed by atoms with Crippen molar-refractivity contribution in [3.63, 3.8) is 0 Å². The molecule has 8 nitrogen and oxygen atoms in total. The van der Waals surface area contributed by atoms with Crippen LogP contribution in [0.25, 0.3) is 0 Å². The third-order valence-corrected chi connectivity index (χ3v) is 8.48. The second-order valence-electron chi connectivity index (χ2n) is 10.1. The zero-order chi connectivity index (χ0) is 27.7. The van der Waals surface area contributed by atoms with E-state index < -0.39 is 55.6 Å². The van der Waals surface area contributed by atoms with Gasteiger partial charge in [0.25, 0.3) is 5.91 Å². The van der Waals surface area contributed by atoms with Gasteiger partial charge in [-0.05, 0) is 55.7 Å². The molecule has 2 aromatic rings. The molecule has 1 aliphatic heterocycles. The average Bonchev–Trinajstić information content (AvgIpc) is 2.80. The predicted molar refractivity (Wildman–Crippen MR) is 138 cm³/mol. The summed E-state index contributed by atoms with van der Waals surface area (Å²) in [6.07, 6.45) is 0.216. The summed E-state index contributed by atoms with van der Waals surface area (Å²) in [5.41, 5.74) is 6.77. The Hall–Kier alpha value is -3.47. The van der Waals surface area contributed by atoms with Gasteiger partial charge in [-0.3, -0.25) is 9.59 Å². The largest absolute Gasteiger partial charge is 0.497 e. The van der Waals surface area contributed by atoms with Crippen molar-refractivity contribution in [2.24, 2.45) is 11.7 Å². The van der Waals surface area contributed by atoms with Gasteiger partial charge in [0, 0.05) is 10.9 Å². The van der Waals surface area contributed by atoms with Crippen LogP contribution in [0, 0.1) is 17.6 Å². The number of urea groups is 1. The molecule has 37 heavy (non-hydrogen) atoms. The minimum Gasteiger partial charge on any atom is -0.497 e. The second-order valence-corrected chi connectivity index (χ2v) is 15.1. The lowest BCUT2D eigenvalue weighted by molar-refractivity contribution is -0.150. The average molecular weight is 534 g/mol. The van der Waals surface area contributed by atoms with Crippen molar-refractivity contribution in [1.29, 1.82) is 0 Å². The summed E-state index contributed by atoms with van der Waals surface area (Å²) in [6.45, 7) is 8.85. The molecular weight excluding hydrogens is 500 g/mol. The van der Waals surface area contributed by atoms with Gasteiger partial charge in [-0.2, -0.15) is 0 Å². The minimum absolute atomic E-state index is 0.0303. The third-order valence-electron chi connectivity index (χ3n) is 6.51. The summed E-state index contributed by atoms with van der Waals surface area (Å²) in [4.78, 5) is 40.0. The van der Waals surface area contributed by atoms with E-state index in [1.807, 2.05) is 19.6 Å². The second kappa shape index (κ2) is 10.9. The molecule has 0 saturated heterocycles. The molecule has 0 aliphatic carbocycles. The van der Waals surface area contributed by atoms with Gasteiger partial charge in [0.1, 0.15) is 23.4 Å².